The van der Waals surface area contributed by atoms with Crippen LogP contribution in [0.2, 0.25) is 0 Å². The highest BCUT2D eigenvalue weighted by Gasteiger charge is 2.47. The van der Waals surface area contributed by atoms with E-state index in [1.807, 2.05) is 54.9 Å². The highest BCUT2D eigenvalue weighted by Crippen LogP contribution is 2.41. The number of halogens is 2. The van der Waals surface area contributed by atoms with E-state index in [-0.39, 0.29) is 55.3 Å². The fourth-order valence-corrected chi connectivity index (χ4v) is 18.1. The Labute approximate surface area is 662 Å². The molecule has 8 saturated heterocycles. The lowest BCUT2D eigenvalue weighted by Crippen LogP contribution is -2.55. The zero-order chi connectivity index (χ0) is 78.7. The molecule has 26 nitrogen and oxygen atoms in total. The molecule has 0 saturated carbocycles. The summed E-state index contributed by atoms with van der Waals surface area (Å²) in [6.45, 7) is 16.1. The van der Waals surface area contributed by atoms with Gasteiger partial charge in [-0.3, -0.25) is 72.5 Å². The molecule has 16 heterocycles. The number of nitrogens with one attached hydrogen (secondary N) is 3. The van der Waals surface area contributed by atoms with Crippen LogP contribution in [0.25, 0.3) is 34.1 Å². The number of piperidine rings is 2. The first-order chi connectivity index (χ1) is 56.0. The first-order valence-corrected chi connectivity index (χ1v) is 40.1. The number of pyridine rings is 4. The van der Waals surface area contributed by atoms with Gasteiger partial charge in [0, 0.05) is 141 Å². The van der Waals surface area contributed by atoms with Gasteiger partial charge in [-0.2, -0.15) is 0 Å². The van der Waals surface area contributed by atoms with Gasteiger partial charge < -0.3 is 34.7 Å². The third kappa shape index (κ3) is 14.5. The number of benzene rings is 4. The summed E-state index contributed by atoms with van der Waals surface area (Å²) in [5, 5.41) is 7.84. The van der Waals surface area contributed by atoms with Crippen LogP contribution in [0.1, 0.15) is 129 Å². The molecule has 0 bridgehead atoms. The summed E-state index contributed by atoms with van der Waals surface area (Å²) >= 11 is 0. The lowest BCUT2D eigenvalue weighted by atomic mass is 9.96. The van der Waals surface area contributed by atoms with Gasteiger partial charge in [0.2, 0.25) is 23.6 Å². The second-order valence-electron chi connectivity index (χ2n) is 31.4. The molecule has 4 atom stereocenters. The largest absolute Gasteiger partial charge is 0.371 e. The normalized spacial score (nSPS) is 21.3. The Morgan fingerprint density at radius 2 is 0.870 bits per heavy atom. The summed E-state index contributed by atoms with van der Waals surface area (Å²) in [6, 6.07) is 43.6. The Hall–Kier alpha value is -12.3. The highest BCUT2D eigenvalue weighted by atomic mass is 19.1. The maximum absolute atomic E-state index is 14.1. The van der Waals surface area contributed by atoms with Gasteiger partial charge in [-0.15, -0.1) is 0 Å². The van der Waals surface area contributed by atoms with Crippen molar-refractivity contribution >= 4 is 92.9 Å². The van der Waals surface area contributed by atoms with E-state index in [9.17, 15) is 47.1 Å². The van der Waals surface area contributed by atoms with Crippen molar-refractivity contribution in [1.29, 1.82) is 0 Å². The summed E-state index contributed by atoms with van der Waals surface area (Å²) in [4.78, 5) is 137. The Balaban J connectivity index is 0.000000133. The quantitative estimate of drug-likeness (QED) is 0.0806. The van der Waals surface area contributed by atoms with Crippen molar-refractivity contribution in [3.05, 3.63) is 215 Å². The molecule has 20 rings (SSSR count). The molecule has 10 aromatic rings. The van der Waals surface area contributed by atoms with Gasteiger partial charge in [-0.05, 0) is 171 Å². The molecule has 10 aliphatic heterocycles. The van der Waals surface area contributed by atoms with Gasteiger partial charge >= 0.3 is 0 Å². The number of fused-ring (bicyclic) bond motifs is 4. The summed E-state index contributed by atoms with van der Waals surface area (Å²) in [5.41, 5.74) is 12.7. The summed E-state index contributed by atoms with van der Waals surface area (Å²) < 4.78 is 32.2. The van der Waals surface area contributed by atoms with Crippen LogP contribution in [0.15, 0.2) is 170 Å². The van der Waals surface area contributed by atoms with Crippen LogP contribution in [0, 0.1) is 23.5 Å². The summed E-state index contributed by atoms with van der Waals surface area (Å²) in [6.07, 6.45) is 13.9. The smallest absolute Gasteiger partial charge is 0.262 e. The number of carbonyl (C=O) groups is 8. The molecule has 8 fully saturated rings. The van der Waals surface area contributed by atoms with E-state index in [1.165, 1.54) is 12.1 Å². The number of hydrogen-bond acceptors (Lipinski definition) is 20. The highest BCUT2D eigenvalue weighted by molar-refractivity contribution is 6.25. The van der Waals surface area contributed by atoms with Crippen LogP contribution in [0.3, 0.4) is 0 Å². The molecule has 3 N–H and O–H groups in total. The number of rotatable bonds is 15. The molecule has 115 heavy (non-hydrogen) atoms. The first-order valence-electron chi connectivity index (χ1n) is 40.1. The lowest BCUT2D eigenvalue weighted by Gasteiger charge is -2.45. The standard InChI is InChI=1S/C43H42FN9O4.C26H27FN6.C18H19N3O4/c44-29-5-1-4-28(20-29)35-7-3-15-51(35)31-10-13-38-45-22-37(52(38)26-31)34-6-2-8-39(46-34)49-18-16-48(17-19-49)23-27-24-50(25-27)30-9-11-32-33(21-30)43(57)53(42(32)56)36-12-14-40(54)47-41(36)55;27-20-5-1-4-19(16-20)23-7-3-13-32(23)21-9-10-25-29-17-24(33(25)18-21)22-6-2-8-26(30-22)31-14-11-28-12-15-31;1-2-10-8-20(9-10)11-3-4-12-13(7-11)18(25)21(17(12)24)14-5-6-15(22)19-16(14)23/h1-2,4-6,8-11,13,20-22,26-27,35-36H,3,7,12,14-19,23-25H2,(H,47,54,55);1-2,4-6,8-10,16-18,23,28H,3,7,11-15H2;3-4,7,10,14H,2,5-6,8-9H2,1H3,(H,19,22,23)/t35-,36?;23-;/m11./s1. The van der Waals surface area contributed by atoms with Crippen molar-refractivity contribution in [2.75, 3.05) is 128 Å². The van der Waals surface area contributed by atoms with Crippen LogP contribution < -0.4 is 45.3 Å². The van der Waals surface area contributed by atoms with E-state index >= 15 is 0 Å². The Morgan fingerprint density at radius 1 is 0.426 bits per heavy atom. The fraction of sp³-hybridized carbons (Fsp3) is 0.356. The Bertz CT molecular complexity index is 5510. The molecule has 4 aromatic carbocycles. The van der Waals surface area contributed by atoms with Gasteiger partial charge in [-0.1, -0.05) is 43.3 Å². The number of imidazole rings is 2. The minimum Gasteiger partial charge on any atom is -0.371 e. The van der Waals surface area contributed by atoms with Crippen LogP contribution in [0.5, 0.6) is 0 Å². The predicted molar refractivity (Wildman–Crippen MR) is 430 cm³/mol. The molecule has 6 aromatic heterocycles. The summed E-state index contributed by atoms with van der Waals surface area (Å²) in [7, 11) is 0. The zero-order valence-electron chi connectivity index (χ0n) is 63.8. The monoisotopic (exact) mass is 1550 g/mol. The van der Waals surface area contributed by atoms with E-state index < -0.39 is 53.4 Å². The molecule has 8 amide bonds. The maximum Gasteiger partial charge on any atom is 0.262 e. The lowest BCUT2D eigenvalue weighted by molar-refractivity contribution is -0.137. The van der Waals surface area contributed by atoms with E-state index in [4.69, 9.17) is 15.0 Å². The fourth-order valence-electron chi connectivity index (χ4n) is 18.1. The second-order valence-corrected chi connectivity index (χ2v) is 31.4. The molecular weight excluding hydrogens is 1460 g/mol. The van der Waals surface area contributed by atoms with E-state index in [0.717, 1.165) is 220 Å². The number of hydrogen-bond donors (Lipinski definition) is 3. The Kier molecular flexibility index (Phi) is 20.1. The maximum atomic E-state index is 14.1. The van der Waals surface area contributed by atoms with Crippen LogP contribution in [-0.4, -0.2) is 201 Å². The van der Waals surface area contributed by atoms with Crippen LogP contribution >= 0.6 is 0 Å². The van der Waals surface area contributed by atoms with E-state index in [2.05, 4.69) is 126 Å². The molecule has 10 aliphatic rings. The number of anilines is 6. The third-order valence-corrected chi connectivity index (χ3v) is 24.3. The molecular formula is C87H88F2N18O8. The van der Waals surface area contributed by atoms with Gasteiger partial charge in [0.25, 0.3) is 23.6 Å². The predicted octanol–water partition coefficient (Wildman–Crippen LogP) is 9.76. The molecule has 0 radical (unpaired) electrons. The number of amides is 8. The molecule has 0 aliphatic carbocycles. The minimum absolute atomic E-state index is 0.0938. The van der Waals surface area contributed by atoms with Gasteiger partial charge in [0.1, 0.15) is 46.6 Å². The minimum atomic E-state index is -0.970. The molecule has 588 valence electrons. The molecule has 2 unspecified atom stereocenters. The van der Waals surface area contributed by atoms with Crippen molar-refractivity contribution in [3.63, 3.8) is 0 Å². The van der Waals surface area contributed by atoms with E-state index in [1.54, 1.807) is 48.5 Å². The summed E-state index contributed by atoms with van der Waals surface area (Å²) in [5.74, 6) is -1.12. The van der Waals surface area contributed by atoms with Crippen molar-refractivity contribution in [1.82, 2.24) is 59.4 Å². The van der Waals surface area contributed by atoms with Gasteiger partial charge in [0.15, 0.2) is 0 Å². The number of piperazine rings is 2. The number of carbonyl (C=O) groups excluding carboxylic acids is 8. The average molecular weight is 1550 g/mol. The average Bonchev–Trinajstić information content (AvgIpc) is 1.61. The Morgan fingerprint density at radius 3 is 1.33 bits per heavy atom. The number of nitrogens with zero attached hydrogens (tertiary/aromatic N) is 15. The first kappa shape index (κ1) is 74.1. The van der Waals surface area contributed by atoms with Crippen molar-refractivity contribution < 1.29 is 47.1 Å². The number of aromatic nitrogens is 6. The molecule has 0 spiro atoms. The SMILES string of the molecule is CCC1CN(c2ccc3c(c2)C(=O)N(C2CCC(=O)NC2=O)C3=O)C1.Fc1cccc([C@H]2CCCN2c2ccc3ncc(-c4cccc(N5CCNCC5)n4)n3c2)c1.O=C1CCC(N2C(=O)c3ccc(N4CC(CN5CCN(c6cccc(-c7cnc8ccc(N9CCC[C@@H]9c9cccc(F)c9)cn78)n6)CC5)C4)cc3C2=O)C(=O)N1. The third-order valence-electron chi connectivity index (χ3n) is 24.3. The van der Waals surface area contributed by atoms with E-state index in [0.29, 0.717) is 34.1 Å². The second kappa shape index (κ2) is 31.2. The van der Waals surface area contributed by atoms with Crippen molar-refractivity contribution in [2.24, 2.45) is 11.8 Å². The van der Waals surface area contributed by atoms with Crippen LogP contribution in [0.4, 0.5) is 43.2 Å². The van der Waals surface area contributed by atoms with Gasteiger partial charge in [0.05, 0.1) is 80.9 Å². The molecule has 28 heteroatoms. The van der Waals surface area contributed by atoms with Gasteiger partial charge in [-0.25, -0.2) is 28.7 Å². The van der Waals surface area contributed by atoms with Crippen molar-refractivity contribution in [3.8, 4) is 22.8 Å². The van der Waals surface area contributed by atoms with Crippen LogP contribution in [-0.2, 0) is 19.2 Å². The topological polar surface area (TPSA) is 262 Å². The number of imide groups is 4. The van der Waals surface area contributed by atoms with Crippen molar-refractivity contribution in [2.45, 2.75) is 88.9 Å². The zero-order valence-corrected chi connectivity index (χ0v) is 63.8.